The molecule has 0 saturated heterocycles. The molecule has 2 N–H and O–H groups in total. The lowest BCUT2D eigenvalue weighted by Gasteiger charge is -2.12. The van der Waals surface area contributed by atoms with E-state index in [0.29, 0.717) is 0 Å². The quantitative estimate of drug-likeness (QED) is 0.666. The third-order valence-corrected chi connectivity index (χ3v) is 5.83. The molecule has 2 aromatic rings. The minimum absolute atomic E-state index is 0.0984. The molecule has 0 radical (unpaired) electrons. The Balaban J connectivity index is 2.40. The Morgan fingerprint density at radius 3 is 2.41 bits per heavy atom. The summed E-state index contributed by atoms with van der Waals surface area (Å²) in [5, 5.41) is 0. The molecule has 1 atom stereocenters. The smallest absolute Gasteiger partial charge is 0.0761 e. The molecule has 0 aliphatic heterocycles. The van der Waals surface area contributed by atoms with Crippen LogP contribution in [0.3, 0.4) is 0 Å². The van der Waals surface area contributed by atoms with Crippen LogP contribution in [0.5, 0.6) is 0 Å². The Morgan fingerprint density at radius 1 is 1.18 bits per heavy atom. The van der Waals surface area contributed by atoms with E-state index in [4.69, 9.17) is 5.73 Å². The van der Waals surface area contributed by atoms with E-state index in [1.54, 1.807) is 11.3 Å². The van der Waals surface area contributed by atoms with Crippen LogP contribution in [0, 0.1) is 6.92 Å². The second-order valence-corrected chi connectivity index (χ2v) is 8.37. The molecule has 0 amide bonds. The largest absolute Gasteiger partial charge is 0.320 e. The molecule has 17 heavy (non-hydrogen) atoms. The molecule has 0 aliphatic rings. The van der Waals surface area contributed by atoms with Gasteiger partial charge in [-0.15, -0.1) is 11.3 Å². The lowest BCUT2D eigenvalue weighted by atomic mass is 10.0. The van der Waals surface area contributed by atoms with Gasteiger partial charge in [0.1, 0.15) is 0 Å². The normalized spacial score (nSPS) is 12.8. The van der Waals surface area contributed by atoms with Gasteiger partial charge in [-0.05, 0) is 67.6 Å². The molecule has 1 aromatic carbocycles. The van der Waals surface area contributed by atoms with Crippen molar-refractivity contribution in [1.82, 2.24) is 0 Å². The first-order chi connectivity index (χ1) is 7.99. The molecule has 1 nitrogen and oxygen atoms in total. The van der Waals surface area contributed by atoms with Gasteiger partial charge in [0.05, 0.1) is 13.6 Å². The van der Waals surface area contributed by atoms with Crippen molar-refractivity contribution in [1.29, 1.82) is 0 Å². The highest BCUT2D eigenvalue weighted by Gasteiger charge is 2.15. The minimum atomic E-state index is -0.0984. The molecule has 0 spiro atoms. The number of hydrogen-bond acceptors (Lipinski definition) is 2. The van der Waals surface area contributed by atoms with E-state index in [2.05, 4.69) is 72.9 Å². The van der Waals surface area contributed by atoms with Crippen LogP contribution in [0.4, 0.5) is 0 Å². The second-order valence-electron chi connectivity index (χ2n) is 3.77. The van der Waals surface area contributed by atoms with Crippen molar-refractivity contribution < 1.29 is 0 Å². The average molecular weight is 440 g/mol. The fourth-order valence-corrected chi connectivity index (χ4v) is 4.78. The van der Waals surface area contributed by atoms with Crippen LogP contribution in [0.2, 0.25) is 0 Å². The predicted octanol–water partition coefficient (Wildman–Crippen LogP) is 5.39. The van der Waals surface area contributed by atoms with Gasteiger partial charge in [-0.25, -0.2) is 0 Å². The number of benzene rings is 1. The van der Waals surface area contributed by atoms with Crippen molar-refractivity contribution in [3.05, 3.63) is 53.0 Å². The summed E-state index contributed by atoms with van der Waals surface area (Å²) in [5.41, 5.74) is 9.72. The molecule has 5 heteroatoms. The third-order valence-electron chi connectivity index (χ3n) is 2.56. The first kappa shape index (κ1) is 13.7. The number of nitrogens with two attached hydrogens (primary N) is 1. The van der Waals surface area contributed by atoms with E-state index in [1.807, 2.05) is 6.07 Å². The van der Waals surface area contributed by atoms with Crippen LogP contribution in [0.15, 0.2) is 36.3 Å². The molecular formula is C12H10Br3NS. The maximum Gasteiger partial charge on any atom is 0.0761 e. The SMILES string of the molecule is Cc1cc(C(N)c2cc(Br)sc2Br)ccc1Br. The van der Waals surface area contributed by atoms with Gasteiger partial charge in [-0.3, -0.25) is 0 Å². The Labute approximate surface area is 130 Å². The highest BCUT2D eigenvalue weighted by molar-refractivity contribution is 9.12. The van der Waals surface area contributed by atoms with Gasteiger partial charge in [0, 0.05) is 4.47 Å². The summed E-state index contributed by atoms with van der Waals surface area (Å²) in [6, 6.07) is 8.18. The predicted molar refractivity (Wildman–Crippen MR) is 84.6 cm³/mol. The molecule has 90 valence electrons. The number of hydrogen-bond donors (Lipinski definition) is 1. The van der Waals surface area contributed by atoms with Crippen molar-refractivity contribution in [3.8, 4) is 0 Å². The van der Waals surface area contributed by atoms with Gasteiger partial charge in [0.25, 0.3) is 0 Å². The summed E-state index contributed by atoms with van der Waals surface area (Å²) >= 11 is 12.2. The number of thiophene rings is 1. The van der Waals surface area contributed by atoms with E-state index >= 15 is 0 Å². The molecule has 0 fully saturated rings. The summed E-state index contributed by atoms with van der Waals surface area (Å²) in [4.78, 5) is 0. The van der Waals surface area contributed by atoms with Gasteiger partial charge in [0.2, 0.25) is 0 Å². The van der Waals surface area contributed by atoms with Gasteiger partial charge in [-0.2, -0.15) is 0 Å². The lowest BCUT2D eigenvalue weighted by molar-refractivity contribution is 0.870. The maximum atomic E-state index is 6.29. The van der Waals surface area contributed by atoms with Crippen LogP contribution in [-0.2, 0) is 0 Å². The summed E-state index contributed by atoms with van der Waals surface area (Å²) in [6.45, 7) is 2.07. The second kappa shape index (κ2) is 5.53. The highest BCUT2D eigenvalue weighted by atomic mass is 79.9. The van der Waals surface area contributed by atoms with E-state index in [9.17, 15) is 0 Å². The first-order valence-corrected chi connectivity index (χ1v) is 8.15. The van der Waals surface area contributed by atoms with Crippen molar-refractivity contribution in [2.75, 3.05) is 0 Å². The third kappa shape index (κ3) is 3.01. The zero-order valence-electron chi connectivity index (χ0n) is 9.01. The topological polar surface area (TPSA) is 26.0 Å². The molecule has 0 bridgehead atoms. The van der Waals surface area contributed by atoms with Crippen LogP contribution in [0.1, 0.15) is 22.7 Å². The van der Waals surface area contributed by atoms with Gasteiger partial charge >= 0.3 is 0 Å². The number of halogens is 3. The Morgan fingerprint density at radius 2 is 1.88 bits per heavy atom. The Kier molecular flexibility index (Phi) is 4.47. The zero-order chi connectivity index (χ0) is 12.6. The summed E-state index contributed by atoms with van der Waals surface area (Å²) in [5.74, 6) is 0. The summed E-state index contributed by atoms with van der Waals surface area (Å²) in [7, 11) is 0. The standard InChI is InChI=1S/C12H10Br3NS/c1-6-4-7(2-3-9(6)13)11(16)8-5-10(14)17-12(8)15/h2-5,11H,16H2,1H3. The van der Waals surface area contributed by atoms with E-state index < -0.39 is 0 Å². The van der Waals surface area contributed by atoms with Crippen LogP contribution >= 0.6 is 59.1 Å². The summed E-state index contributed by atoms with van der Waals surface area (Å²) in [6.07, 6.45) is 0. The first-order valence-electron chi connectivity index (χ1n) is 4.95. The molecule has 1 aromatic heterocycles. The van der Waals surface area contributed by atoms with Crippen molar-refractivity contribution in [2.24, 2.45) is 5.73 Å². The molecule has 0 saturated carbocycles. The van der Waals surface area contributed by atoms with Crippen molar-refractivity contribution in [3.63, 3.8) is 0 Å². The van der Waals surface area contributed by atoms with Gasteiger partial charge in [-0.1, -0.05) is 28.1 Å². The summed E-state index contributed by atoms with van der Waals surface area (Å²) < 4.78 is 3.28. The lowest BCUT2D eigenvalue weighted by Crippen LogP contribution is -2.11. The molecule has 1 heterocycles. The van der Waals surface area contributed by atoms with E-state index in [0.717, 1.165) is 23.2 Å². The van der Waals surface area contributed by atoms with Gasteiger partial charge < -0.3 is 5.73 Å². The average Bonchev–Trinajstić information content (AvgIpc) is 2.61. The number of aryl methyl sites for hydroxylation is 1. The monoisotopic (exact) mass is 437 g/mol. The number of rotatable bonds is 2. The zero-order valence-corrected chi connectivity index (χ0v) is 14.6. The van der Waals surface area contributed by atoms with Crippen LogP contribution in [0.25, 0.3) is 0 Å². The molecule has 2 rings (SSSR count). The van der Waals surface area contributed by atoms with Crippen molar-refractivity contribution in [2.45, 2.75) is 13.0 Å². The van der Waals surface area contributed by atoms with Crippen LogP contribution in [-0.4, -0.2) is 0 Å². The minimum Gasteiger partial charge on any atom is -0.320 e. The highest BCUT2D eigenvalue weighted by Crippen LogP contribution is 2.37. The molecule has 0 aliphatic carbocycles. The fourth-order valence-electron chi connectivity index (χ4n) is 1.61. The molecular weight excluding hydrogens is 430 g/mol. The Bertz CT molecular complexity index is 551. The van der Waals surface area contributed by atoms with Crippen LogP contribution < -0.4 is 5.73 Å². The molecule has 1 unspecified atom stereocenters. The van der Waals surface area contributed by atoms with E-state index in [-0.39, 0.29) is 6.04 Å². The fraction of sp³-hybridized carbons (Fsp3) is 0.167. The maximum absolute atomic E-state index is 6.29. The van der Waals surface area contributed by atoms with E-state index in [1.165, 1.54) is 5.56 Å². The van der Waals surface area contributed by atoms with Crippen molar-refractivity contribution >= 4 is 59.1 Å². The Hall–Kier alpha value is 0.320. The van der Waals surface area contributed by atoms with Gasteiger partial charge in [0.15, 0.2) is 0 Å².